The second-order valence-electron chi connectivity index (χ2n) is 7.90. The normalized spacial score (nSPS) is 14.5. The Bertz CT molecular complexity index is 1250. The third-order valence-corrected chi connectivity index (χ3v) is 5.46. The molecule has 0 unspecified atom stereocenters. The number of pyridine rings is 1. The van der Waals surface area contributed by atoms with Gasteiger partial charge in [-0.2, -0.15) is 18.3 Å². The SMILES string of the molecule is Cc1noc(C)c1-c1ccc2c(-c3nc(N)ncc3C(F)(F)F)[nH]nc2n1.NC1CCCC1. The zero-order valence-electron chi connectivity index (χ0n) is 18.1. The highest BCUT2D eigenvalue weighted by molar-refractivity contribution is 5.92. The van der Waals surface area contributed by atoms with Crippen LogP contribution in [0.25, 0.3) is 33.7 Å². The summed E-state index contributed by atoms with van der Waals surface area (Å²) in [6, 6.07) is 3.82. The molecule has 9 nitrogen and oxygen atoms in total. The van der Waals surface area contributed by atoms with E-state index in [-0.39, 0.29) is 23.0 Å². The number of anilines is 1. The third kappa shape index (κ3) is 4.65. The molecule has 1 saturated carbocycles. The van der Waals surface area contributed by atoms with Gasteiger partial charge in [-0.05, 0) is 38.8 Å². The van der Waals surface area contributed by atoms with Crippen LogP contribution >= 0.6 is 0 Å². The van der Waals surface area contributed by atoms with Gasteiger partial charge in [0.05, 0.1) is 22.6 Å². The van der Waals surface area contributed by atoms with Crippen LogP contribution in [-0.4, -0.2) is 36.3 Å². The standard InChI is InChI=1S/C16H12F3N7O.C5H11N/c1-6-11(7(2)27-26-6)10-4-3-8-12(24-25-14(8)22-10)13-9(16(17,18)19)5-21-15(20)23-13;6-5-3-1-2-4-5/h3-5H,1-2H3,(H2,20,21,23)(H,22,24,25);5H,1-4,6H2. The fraction of sp³-hybridized carbons (Fsp3) is 0.381. The van der Waals surface area contributed by atoms with Crippen molar-refractivity contribution in [1.82, 2.24) is 30.3 Å². The summed E-state index contributed by atoms with van der Waals surface area (Å²) in [4.78, 5) is 11.6. The van der Waals surface area contributed by atoms with Crippen LogP contribution in [0.1, 0.15) is 42.7 Å². The number of halogens is 3. The van der Waals surface area contributed by atoms with E-state index < -0.39 is 11.7 Å². The average Bonchev–Trinajstić information content (AvgIpc) is 3.47. The summed E-state index contributed by atoms with van der Waals surface area (Å²) in [7, 11) is 0. The molecule has 5 rings (SSSR count). The number of nitrogens with two attached hydrogens (primary N) is 2. The summed E-state index contributed by atoms with van der Waals surface area (Å²) >= 11 is 0. The minimum Gasteiger partial charge on any atom is -0.368 e. The predicted molar refractivity (Wildman–Crippen MR) is 116 cm³/mol. The molecule has 0 spiro atoms. The Morgan fingerprint density at radius 3 is 2.42 bits per heavy atom. The Morgan fingerprint density at radius 1 is 1.12 bits per heavy atom. The van der Waals surface area contributed by atoms with E-state index in [1.165, 1.54) is 25.7 Å². The molecule has 0 atom stereocenters. The van der Waals surface area contributed by atoms with Crippen LogP contribution in [0.2, 0.25) is 0 Å². The second kappa shape index (κ2) is 8.77. The van der Waals surface area contributed by atoms with Crippen molar-refractivity contribution in [2.24, 2.45) is 5.73 Å². The molecule has 0 amide bonds. The van der Waals surface area contributed by atoms with E-state index in [0.717, 1.165) is 0 Å². The van der Waals surface area contributed by atoms with Gasteiger partial charge in [-0.1, -0.05) is 18.0 Å². The number of rotatable bonds is 2. The maximum absolute atomic E-state index is 13.3. The average molecular weight is 460 g/mol. The maximum atomic E-state index is 13.3. The Balaban J connectivity index is 0.000000376. The van der Waals surface area contributed by atoms with Gasteiger partial charge in [0.1, 0.15) is 17.0 Å². The molecular weight excluding hydrogens is 437 g/mol. The monoisotopic (exact) mass is 460 g/mol. The van der Waals surface area contributed by atoms with Crippen molar-refractivity contribution in [3.63, 3.8) is 0 Å². The fourth-order valence-corrected chi connectivity index (χ4v) is 3.82. The number of aromatic nitrogens is 6. The van der Waals surface area contributed by atoms with Crippen LogP contribution in [0.3, 0.4) is 0 Å². The van der Waals surface area contributed by atoms with E-state index in [2.05, 4.69) is 30.3 Å². The number of hydrogen-bond donors (Lipinski definition) is 3. The summed E-state index contributed by atoms with van der Waals surface area (Å²) in [5.41, 5.74) is 11.8. The van der Waals surface area contributed by atoms with Crippen molar-refractivity contribution in [2.75, 3.05) is 5.73 Å². The molecular formula is C21H23F3N8O. The molecule has 4 aromatic heterocycles. The molecule has 174 valence electrons. The quantitative estimate of drug-likeness (QED) is 0.404. The molecule has 33 heavy (non-hydrogen) atoms. The summed E-state index contributed by atoms with van der Waals surface area (Å²) < 4.78 is 45.1. The lowest BCUT2D eigenvalue weighted by atomic mass is 10.1. The van der Waals surface area contributed by atoms with Gasteiger partial charge in [0, 0.05) is 17.6 Å². The van der Waals surface area contributed by atoms with Crippen molar-refractivity contribution >= 4 is 17.0 Å². The minimum atomic E-state index is -4.65. The molecule has 1 fully saturated rings. The highest BCUT2D eigenvalue weighted by atomic mass is 19.4. The fourth-order valence-electron chi connectivity index (χ4n) is 3.82. The van der Waals surface area contributed by atoms with Crippen molar-refractivity contribution < 1.29 is 17.7 Å². The first-order valence-electron chi connectivity index (χ1n) is 10.4. The molecule has 0 radical (unpaired) electrons. The molecule has 0 bridgehead atoms. The number of fused-ring (bicyclic) bond motifs is 1. The van der Waals surface area contributed by atoms with Gasteiger partial charge in [-0.3, -0.25) is 5.10 Å². The lowest BCUT2D eigenvalue weighted by Gasteiger charge is -2.10. The zero-order valence-corrected chi connectivity index (χ0v) is 18.1. The van der Waals surface area contributed by atoms with Crippen LogP contribution in [0.4, 0.5) is 19.1 Å². The van der Waals surface area contributed by atoms with E-state index in [0.29, 0.717) is 40.3 Å². The van der Waals surface area contributed by atoms with Crippen molar-refractivity contribution in [3.8, 4) is 22.6 Å². The Kier molecular flexibility index (Phi) is 6.02. The van der Waals surface area contributed by atoms with E-state index in [1.807, 2.05) is 0 Å². The number of H-pyrrole nitrogens is 1. The molecule has 4 aromatic rings. The molecule has 1 aliphatic rings. The van der Waals surface area contributed by atoms with E-state index in [4.69, 9.17) is 16.0 Å². The predicted octanol–water partition coefficient (Wildman–Crippen LogP) is 4.18. The summed E-state index contributed by atoms with van der Waals surface area (Å²) in [6.45, 7) is 3.52. The topological polar surface area (TPSA) is 145 Å². The Labute approximate surface area is 186 Å². The van der Waals surface area contributed by atoms with Gasteiger partial charge < -0.3 is 16.0 Å². The van der Waals surface area contributed by atoms with Gasteiger partial charge >= 0.3 is 6.18 Å². The van der Waals surface area contributed by atoms with Crippen molar-refractivity contribution in [1.29, 1.82) is 0 Å². The zero-order chi connectivity index (χ0) is 23.8. The minimum absolute atomic E-state index is 0.0595. The molecule has 0 saturated heterocycles. The van der Waals surface area contributed by atoms with E-state index >= 15 is 0 Å². The van der Waals surface area contributed by atoms with Crippen LogP contribution in [-0.2, 0) is 6.18 Å². The van der Waals surface area contributed by atoms with Crippen molar-refractivity contribution in [2.45, 2.75) is 51.7 Å². The number of alkyl halides is 3. The molecule has 4 heterocycles. The first kappa shape index (κ1) is 22.6. The van der Waals surface area contributed by atoms with Gasteiger partial charge in [0.15, 0.2) is 5.65 Å². The number of nitrogen functional groups attached to an aromatic ring is 1. The van der Waals surface area contributed by atoms with E-state index in [9.17, 15) is 13.2 Å². The first-order valence-corrected chi connectivity index (χ1v) is 10.4. The Hall–Kier alpha value is -3.54. The number of aryl methyl sites for hydroxylation is 2. The number of nitrogens with one attached hydrogen (secondary N) is 1. The first-order chi connectivity index (χ1) is 15.6. The number of hydrogen-bond acceptors (Lipinski definition) is 8. The van der Waals surface area contributed by atoms with Gasteiger partial charge in [-0.25, -0.2) is 15.0 Å². The van der Waals surface area contributed by atoms with E-state index in [1.54, 1.807) is 26.0 Å². The van der Waals surface area contributed by atoms with Gasteiger partial charge in [-0.15, -0.1) is 0 Å². The van der Waals surface area contributed by atoms with Gasteiger partial charge in [0.25, 0.3) is 0 Å². The molecule has 0 aromatic carbocycles. The molecule has 0 aliphatic heterocycles. The van der Waals surface area contributed by atoms with Crippen molar-refractivity contribution in [3.05, 3.63) is 35.3 Å². The van der Waals surface area contributed by atoms with Crippen LogP contribution in [0.15, 0.2) is 22.9 Å². The van der Waals surface area contributed by atoms with Gasteiger partial charge in [0.2, 0.25) is 5.95 Å². The largest absolute Gasteiger partial charge is 0.420 e. The molecule has 1 aliphatic carbocycles. The molecule has 12 heteroatoms. The van der Waals surface area contributed by atoms with Crippen LogP contribution in [0, 0.1) is 13.8 Å². The smallest absolute Gasteiger partial charge is 0.368 e. The highest BCUT2D eigenvalue weighted by Crippen LogP contribution is 2.37. The number of nitrogens with zero attached hydrogens (tertiary/aromatic N) is 5. The lowest BCUT2D eigenvalue weighted by molar-refractivity contribution is -0.137. The highest BCUT2D eigenvalue weighted by Gasteiger charge is 2.36. The van der Waals surface area contributed by atoms with Crippen LogP contribution < -0.4 is 11.5 Å². The van der Waals surface area contributed by atoms with Crippen LogP contribution in [0.5, 0.6) is 0 Å². The summed E-state index contributed by atoms with van der Waals surface area (Å²) in [5, 5.41) is 10.8. The second-order valence-corrected chi connectivity index (χ2v) is 7.90. The Morgan fingerprint density at radius 2 is 1.85 bits per heavy atom. The maximum Gasteiger partial charge on any atom is 0.420 e. The third-order valence-electron chi connectivity index (χ3n) is 5.46. The molecule has 5 N–H and O–H groups in total. The number of aromatic amines is 1. The summed E-state index contributed by atoms with van der Waals surface area (Å²) in [5.74, 6) is 0.305. The summed E-state index contributed by atoms with van der Waals surface area (Å²) in [6.07, 6.45) is 1.25. The lowest BCUT2D eigenvalue weighted by Crippen LogP contribution is -2.13.